The fourth-order valence-electron chi connectivity index (χ4n) is 1.72. The van der Waals surface area contributed by atoms with Crippen molar-refractivity contribution in [1.82, 2.24) is 19.9 Å². The third-order valence-electron chi connectivity index (χ3n) is 2.82. The van der Waals surface area contributed by atoms with Crippen molar-refractivity contribution in [3.05, 3.63) is 0 Å². The lowest BCUT2D eigenvalue weighted by molar-refractivity contribution is 0.311. The van der Waals surface area contributed by atoms with Crippen molar-refractivity contribution in [3.8, 4) is 0 Å². The standard InChI is InChI=1S/C10H19N7/c1-15(2)9-12-8(11)13-10(14-9)17-6-4-16(3)5-7-17/h4-7H2,1-3H3,(H2,11,12,13,14). The largest absolute Gasteiger partial charge is 0.368 e. The molecule has 17 heavy (non-hydrogen) atoms. The highest BCUT2D eigenvalue weighted by atomic mass is 15.4. The van der Waals surface area contributed by atoms with Crippen molar-refractivity contribution in [2.24, 2.45) is 0 Å². The lowest BCUT2D eigenvalue weighted by Gasteiger charge is -2.32. The number of likely N-dealkylation sites (N-methyl/N-ethyl adjacent to an activating group) is 1. The smallest absolute Gasteiger partial charge is 0.232 e. The Morgan fingerprint density at radius 1 is 1.06 bits per heavy atom. The Morgan fingerprint density at radius 2 is 1.71 bits per heavy atom. The Labute approximate surface area is 101 Å². The van der Waals surface area contributed by atoms with Crippen molar-refractivity contribution in [1.29, 1.82) is 0 Å². The van der Waals surface area contributed by atoms with Gasteiger partial charge in [-0.2, -0.15) is 15.0 Å². The fraction of sp³-hybridized carbons (Fsp3) is 0.700. The Kier molecular flexibility index (Phi) is 3.28. The zero-order valence-electron chi connectivity index (χ0n) is 10.6. The molecule has 0 amide bonds. The van der Waals surface area contributed by atoms with E-state index >= 15 is 0 Å². The van der Waals surface area contributed by atoms with E-state index in [1.54, 1.807) is 0 Å². The molecule has 0 radical (unpaired) electrons. The van der Waals surface area contributed by atoms with Crippen LogP contribution < -0.4 is 15.5 Å². The predicted octanol–water partition coefficient (Wildman–Crippen LogP) is -0.728. The second kappa shape index (κ2) is 4.70. The van der Waals surface area contributed by atoms with Gasteiger partial charge in [0.15, 0.2) is 0 Å². The van der Waals surface area contributed by atoms with Crippen LogP contribution in [0.2, 0.25) is 0 Å². The Morgan fingerprint density at radius 3 is 2.29 bits per heavy atom. The molecule has 7 nitrogen and oxygen atoms in total. The zero-order chi connectivity index (χ0) is 12.4. The van der Waals surface area contributed by atoms with Gasteiger partial charge < -0.3 is 20.4 Å². The first-order chi connectivity index (χ1) is 8.06. The minimum absolute atomic E-state index is 0.276. The monoisotopic (exact) mass is 237 g/mol. The highest BCUT2D eigenvalue weighted by molar-refractivity contribution is 5.42. The molecule has 2 rings (SSSR count). The fourth-order valence-corrected chi connectivity index (χ4v) is 1.72. The van der Waals surface area contributed by atoms with Crippen LogP contribution in [0.4, 0.5) is 17.8 Å². The van der Waals surface area contributed by atoms with Crippen LogP contribution in [-0.4, -0.2) is 67.2 Å². The molecule has 0 bridgehead atoms. The number of hydrogen-bond donors (Lipinski definition) is 1. The molecule has 1 aliphatic heterocycles. The SMILES string of the molecule is CN1CCN(c2nc(N)nc(N(C)C)n2)CC1. The molecule has 1 aromatic heterocycles. The van der Waals surface area contributed by atoms with Crippen LogP contribution in [0.3, 0.4) is 0 Å². The summed E-state index contributed by atoms with van der Waals surface area (Å²) in [6, 6.07) is 0. The van der Waals surface area contributed by atoms with Gasteiger partial charge in [-0.3, -0.25) is 0 Å². The summed E-state index contributed by atoms with van der Waals surface area (Å²) in [6.07, 6.45) is 0. The molecular formula is C10H19N7. The van der Waals surface area contributed by atoms with Crippen LogP contribution >= 0.6 is 0 Å². The Hall–Kier alpha value is -1.63. The van der Waals surface area contributed by atoms with Crippen LogP contribution in [0.25, 0.3) is 0 Å². The second-order valence-electron chi connectivity index (χ2n) is 4.48. The number of aromatic nitrogens is 3. The molecule has 0 aromatic carbocycles. The lowest BCUT2D eigenvalue weighted by Crippen LogP contribution is -2.45. The molecule has 1 saturated heterocycles. The van der Waals surface area contributed by atoms with Crippen LogP contribution in [0, 0.1) is 0 Å². The van der Waals surface area contributed by atoms with Crippen LogP contribution in [0.1, 0.15) is 0 Å². The molecule has 0 saturated carbocycles. The van der Waals surface area contributed by atoms with Gasteiger partial charge >= 0.3 is 0 Å². The molecule has 94 valence electrons. The van der Waals surface area contributed by atoms with Gasteiger partial charge in [0.1, 0.15) is 0 Å². The maximum atomic E-state index is 5.71. The first-order valence-corrected chi connectivity index (χ1v) is 5.68. The summed E-state index contributed by atoms with van der Waals surface area (Å²) in [7, 11) is 5.90. The van der Waals surface area contributed by atoms with E-state index in [2.05, 4.69) is 31.8 Å². The van der Waals surface area contributed by atoms with E-state index in [4.69, 9.17) is 5.73 Å². The van der Waals surface area contributed by atoms with Crippen LogP contribution in [0.5, 0.6) is 0 Å². The Balaban J connectivity index is 2.20. The molecule has 0 unspecified atom stereocenters. The highest BCUT2D eigenvalue weighted by Gasteiger charge is 2.18. The van der Waals surface area contributed by atoms with Crippen molar-refractivity contribution in [2.45, 2.75) is 0 Å². The van der Waals surface area contributed by atoms with E-state index in [9.17, 15) is 0 Å². The maximum absolute atomic E-state index is 5.71. The van der Waals surface area contributed by atoms with Crippen molar-refractivity contribution >= 4 is 17.8 Å². The summed E-state index contributed by atoms with van der Waals surface area (Å²) in [6.45, 7) is 3.88. The van der Waals surface area contributed by atoms with Gasteiger partial charge in [0.05, 0.1) is 0 Å². The first-order valence-electron chi connectivity index (χ1n) is 5.68. The Bertz CT molecular complexity index is 384. The normalized spacial score (nSPS) is 17.2. The summed E-state index contributed by atoms with van der Waals surface area (Å²) in [5.41, 5.74) is 5.71. The molecule has 1 aromatic rings. The van der Waals surface area contributed by atoms with Gasteiger partial charge in [-0.05, 0) is 7.05 Å². The van der Waals surface area contributed by atoms with E-state index < -0.39 is 0 Å². The van der Waals surface area contributed by atoms with E-state index in [-0.39, 0.29) is 5.95 Å². The average Bonchev–Trinajstić information content (AvgIpc) is 2.29. The number of anilines is 3. The number of nitrogen functional groups attached to an aromatic ring is 1. The minimum Gasteiger partial charge on any atom is -0.368 e. The van der Waals surface area contributed by atoms with Gasteiger partial charge in [-0.1, -0.05) is 0 Å². The van der Waals surface area contributed by atoms with Gasteiger partial charge in [0, 0.05) is 40.3 Å². The van der Waals surface area contributed by atoms with Crippen LogP contribution in [-0.2, 0) is 0 Å². The number of hydrogen-bond acceptors (Lipinski definition) is 7. The molecule has 0 spiro atoms. The maximum Gasteiger partial charge on any atom is 0.232 e. The van der Waals surface area contributed by atoms with E-state index in [1.165, 1.54) is 0 Å². The number of rotatable bonds is 2. The van der Waals surface area contributed by atoms with E-state index in [1.807, 2.05) is 19.0 Å². The zero-order valence-corrected chi connectivity index (χ0v) is 10.6. The van der Waals surface area contributed by atoms with Gasteiger partial charge in [0.2, 0.25) is 17.8 Å². The number of nitrogens with zero attached hydrogens (tertiary/aromatic N) is 6. The molecule has 1 aliphatic rings. The number of piperazine rings is 1. The average molecular weight is 237 g/mol. The van der Waals surface area contributed by atoms with Gasteiger partial charge in [0.25, 0.3) is 0 Å². The second-order valence-corrected chi connectivity index (χ2v) is 4.48. The van der Waals surface area contributed by atoms with Crippen molar-refractivity contribution in [2.75, 3.05) is 62.9 Å². The third-order valence-corrected chi connectivity index (χ3v) is 2.82. The molecule has 0 aliphatic carbocycles. The molecule has 2 N–H and O–H groups in total. The van der Waals surface area contributed by atoms with Crippen molar-refractivity contribution in [3.63, 3.8) is 0 Å². The van der Waals surface area contributed by atoms with E-state index in [0.29, 0.717) is 11.9 Å². The predicted molar refractivity (Wildman–Crippen MR) is 68.3 cm³/mol. The summed E-state index contributed by atoms with van der Waals surface area (Å²) >= 11 is 0. The van der Waals surface area contributed by atoms with Gasteiger partial charge in [-0.25, -0.2) is 0 Å². The summed E-state index contributed by atoms with van der Waals surface area (Å²) < 4.78 is 0. The first kappa shape index (κ1) is 11.8. The van der Waals surface area contributed by atoms with Gasteiger partial charge in [-0.15, -0.1) is 0 Å². The lowest BCUT2D eigenvalue weighted by atomic mass is 10.3. The molecular weight excluding hydrogens is 218 g/mol. The molecule has 7 heteroatoms. The molecule has 2 heterocycles. The number of nitrogens with two attached hydrogens (primary N) is 1. The van der Waals surface area contributed by atoms with E-state index in [0.717, 1.165) is 26.2 Å². The van der Waals surface area contributed by atoms with Crippen LogP contribution in [0.15, 0.2) is 0 Å². The molecule has 1 fully saturated rings. The minimum atomic E-state index is 0.276. The summed E-state index contributed by atoms with van der Waals surface area (Å²) in [5, 5.41) is 0. The quantitative estimate of drug-likeness (QED) is 0.727. The third kappa shape index (κ3) is 2.73. The summed E-state index contributed by atoms with van der Waals surface area (Å²) in [4.78, 5) is 19.0. The summed E-state index contributed by atoms with van der Waals surface area (Å²) in [5.74, 6) is 1.55. The topological polar surface area (TPSA) is 74.4 Å². The highest BCUT2D eigenvalue weighted by Crippen LogP contribution is 2.14. The molecule has 0 atom stereocenters. The van der Waals surface area contributed by atoms with Crippen molar-refractivity contribution < 1.29 is 0 Å².